The summed E-state index contributed by atoms with van der Waals surface area (Å²) in [5.74, 6) is -1.24. The summed E-state index contributed by atoms with van der Waals surface area (Å²) in [5, 5.41) is 13.9. The minimum Gasteiger partial charge on any atom is -0.504 e. The van der Waals surface area contributed by atoms with Gasteiger partial charge in [-0.1, -0.05) is 50.6 Å². The molecule has 4 aromatic rings. The lowest BCUT2D eigenvalue weighted by molar-refractivity contribution is 0.0968. The molecule has 1 fully saturated rings. The van der Waals surface area contributed by atoms with Gasteiger partial charge in [0.25, 0.3) is 0 Å². The van der Waals surface area contributed by atoms with Gasteiger partial charge in [-0.05, 0) is 77.8 Å². The lowest BCUT2D eigenvalue weighted by atomic mass is 9.88. The molecule has 1 aliphatic carbocycles. The summed E-state index contributed by atoms with van der Waals surface area (Å²) in [6.07, 6.45) is 4.40. The Morgan fingerprint density at radius 2 is 1.81 bits per heavy atom. The van der Waals surface area contributed by atoms with E-state index in [-0.39, 0.29) is 22.1 Å². The van der Waals surface area contributed by atoms with Crippen molar-refractivity contribution >= 4 is 39.7 Å². The van der Waals surface area contributed by atoms with E-state index in [1.807, 2.05) is 30.3 Å². The number of nitrogens with zero attached hydrogens (tertiary/aromatic N) is 1. The standard InChI is InChI=1S/C30H28ClFN2O2/c1-30(2,3)15-17-4-9-21(10-5-17)34-27-22-12-19(20-13-24(31)29(36)25(32)14-20)8-11-26(22)33-16-23(27)28(35)18-6-7-18/h4-5,8-14,16,18,36H,6-7,15H2,1-3H3,(H,33,34). The molecular formula is C30H28ClFN2O2. The zero-order chi connectivity index (χ0) is 25.6. The second-order valence-corrected chi connectivity index (χ2v) is 11.2. The Kier molecular flexibility index (Phi) is 6.21. The van der Waals surface area contributed by atoms with Gasteiger partial charge >= 0.3 is 0 Å². The molecule has 1 aliphatic rings. The van der Waals surface area contributed by atoms with Crippen LogP contribution >= 0.6 is 11.6 Å². The first kappa shape index (κ1) is 24.3. The molecular weight excluding hydrogens is 475 g/mol. The number of fused-ring (bicyclic) bond motifs is 1. The van der Waals surface area contributed by atoms with Gasteiger partial charge in [0.15, 0.2) is 17.3 Å². The number of hydrogen-bond donors (Lipinski definition) is 2. The highest BCUT2D eigenvalue weighted by molar-refractivity contribution is 6.32. The van der Waals surface area contributed by atoms with Crippen molar-refractivity contribution in [1.82, 2.24) is 4.98 Å². The fraction of sp³-hybridized carbons (Fsp3) is 0.267. The normalized spacial score (nSPS) is 13.7. The van der Waals surface area contributed by atoms with Crippen LogP contribution in [0.5, 0.6) is 5.75 Å². The van der Waals surface area contributed by atoms with Gasteiger partial charge in [0.2, 0.25) is 0 Å². The number of aromatic hydroxyl groups is 1. The Labute approximate surface area is 215 Å². The van der Waals surface area contributed by atoms with E-state index in [2.05, 4.69) is 43.2 Å². The van der Waals surface area contributed by atoms with Crippen LogP contribution < -0.4 is 5.32 Å². The average molecular weight is 503 g/mol. The number of nitrogens with one attached hydrogen (secondary N) is 1. The van der Waals surface area contributed by atoms with E-state index in [1.165, 1.54) is 17.7 Å². The Bertz CT molecular complexity index is 1450. The molecule has 0 aliphatic heterocycles. The Hall–Kier alpha value is -3.44. The van der Waals surface area contributed by atoms with Crippen molar-refractivity contribution in [3.8, 4) is 16.9 Å². The molecule has 1 saturated carbocycles. The molecule has 0 radical (unpaired) electrons. The van der Waals surface area contributed by atoms with Gasteiger partial charge in [-0.15, -0.1) is 0 Å². The summed E-state index contributed by atoms with van der Waals surface area (Å²) in [5.41, 5.74) is 5.47. The number of halogens is 2. The third-order valence-electron chi connectivity index (χ3n) is 6.39. The van der Waals surface area contributed by atoms with Crippen molar-refractivity contribution in [3.05, 3.63) is 82.8 Å². The quantitative estimate of drug-likeness (QED) is 0.260. The molecule has 0 spiro atoms. The number of carbonyl (C=O) groups excluding carboxylic acids is 1. The second kappa shape index (κ2) is 9.21. The van der Waals surface area contributed by atoms with Crippen molar-refractivity contribution in [2.45, 2.75) is 40.0 Å². The number of rotatable bonds is 6. The van der Waals surface area contributed by atoms with E-state index in [0.29, 0.717) is 27.9 Å². The van der Waals surface area contributed by atoms with E-state index in [1.54, 1.807) is 6.20 Å². The van der Waals surface area contributed by atoms with Crippen molar-refractivity contribution in [2.24, 2.45) is 11.3 Å². The minimum atomic E-state index is -0.790. The minimum absolute atomic E-state index is 0.0344. The van der Waals surface area contributed by atoms with Crippen molar-refractivity contribution in [2.75, 3.05) is 5.32 Å². The Morgan fingerprint density at radius 1 is 1.08 bits per heavy atom. The highest BCUT2D eigenvalue weighted by Gasteiger charge is 2.32. The van der Waals surface area contributed by atoms with E-state index in [4.69, 9.17) is 11.6 Å². The lowest BCUT2D eigenvalue weighted by Gasteiger charge is -2.19. The topological polar surface area (TPSA) is 62.2 Å². The van der Waals surface area contributed by atoms with Crippen LogP contribution in [0.1, 0.15) is 49.5 Å². The summed E-state index contributed by atoms with van der Waals surface area (Å²) in [4.78, 5) is 17.7. The van der Waals surface area contributed by atoms with E-state index in [0.717, 1.165) is 30.3 Å². The van der Waals surface area contributed by atoms with Crippen LogP contribution in [0.4, 0.5) is 15.8 Å². The van der Waals surface area contributed by atoms with Gasteiger partial charge < -0.3 is 10.4 Å². The van der Waals surface area contributed by atoms with Gasteiger partial charge in [0.05, 0.1) is 21.8 Å². The smallest absolute Gasteiger partial charge is 0.170 e. The number of anilines is 2. The maximum absolute atomic E-state index is 14.2. The molecule has 0 bridgehead atoms. The number of phenolic OH excluding ortho intramolecular Hbond substituents is 1. The van der Waals surface area contributed by atoms with Crippen LogP contribution in [0, 0.1) is 17.2 Å². The SMILES string of the molecule is CC(C)(C)Cc1ccc(Nc2c(C(=O)C3CC3)cnc3ccc(-c4cc(F)c(O)c(Cl)c4)cc23)cc1. The number of benzene rings is 3. The highest BCUT2D eigenvalue weighted by atomic mass is 35.5. The lowest BCUT2D eigenvalue weighted by Crippen LogP contribution is -2.09. The molecule has 1 aromatic heterocycles. The molecule has 2 N–H and O–H groups in total. The maximum Gasteiger partial charge on any atom is 0.170 e. The van der Waals surface area contributed by atoms with Gasteiger partial charge in [0.1, 0.15) is 0 Å². The van der Waals surface area contributed by atoms with E-state index >= 15 is 0 Å². The van der Waals surface area contributed by atoms with Gasteiger partial charge in [0, 0.05) is 23.2 Å². The largest absolute Gasteiger partial charge is 0.504 e. The van der Waals surface area contributed by atoms with Crippen molar-refractivity contribution < 1.29 is 14.3 Å². The predicted molar refractivity (Wildman–Crippen MR) is 144 cm³/mol. The molecule has 5 rings (SSSR count). The Balaban J connectivity index is 1.60. The fourth-order valence-electron chi connectivity index (χ4n) is 4.45. The van der Waals surface area contributed by atoms with Crippen LogP contribution in [-0.2, 0) is 6.42 Å². The van der Waals surface area contributed by atoms with Crippen LogP contribution in [0.2, 0.25) is 5.02 Å². The first-order valence-corrected chi connectivity index (χ1v) is 12.5. The number of Topliss-reactive ketones (excluding diaryl/α,β-unsaturated/α-hetero) is 1. The average Bonchev–Trinajstić information content (AvgIpc) is 3.67. The Morgan fingerprint density at radius 3 is 2.44 bits per heavy atom. The van der Waals surface area contributed by atoms with Crippen LogP contribution in [0.15, 0.2) is 60.8 Å². The number of phenols is 1. The number of hydrogen-bond acceptors (Lipinski definition) is 4. The van der Waals surface area contributed by atoms with E-state index < -0.39 is 11.6 Å². The molecule has 0 atom stereocenters. The molecule has 184 valence electrons. The number of carbonyl (C=O) groups is 1. The molecule has 3 aromatic carbocycles. The summed E-state index contributed by atoms with van der Waals surface area (Å²) in [7, 11) is 0. The molecule has 36 heavy (non-hydrogen) atoms. The van der Waals surface area contributed by atoms with Gasteiger partial charge in [-0.2, -0.15) is 0 Å². The maximum atomic E-state index is 14.2. The molecule has 0 saturated heterocycles. The van der Waals surface area contributed by atoms with Crippen LogP contribution in [0.25, 0.3) is 22.0 Å². The van der Waals surface area contributed by atoms with Crippen LogP contribution in [0.3, 0.4) is 0 Å². The number of aromatic nitrogens is 1. The first-order chi connectivity index (χ1) is 17.1. The second-order valence-electron chi connectivity index (χ2n) is 10.8. The van der Waals surface area contributed by atoms with Crippen LogP contribution in [-0.4, -0.2) is 15.9 Å². The summed E-state index contributed by atoms with van der Waals surface area (Å²) >= 11 is 6.03. The summed E-state index contributed by atoms with van der Waals surface area (Å²) < 4.78 is 14.2. The molecule has 0 unspecified atom stereocenters. The highest BCUT2D eigenvalue weighted by Crippen LogP contribution is 2.39. The van der Waals surface area contributed by atoms with Crippen molar-refractivity contribution in [3.63, 3.8) is 0 Å². The molecule has 4 nitrogen and oxygen atoms in total. The predicted octanol–water partition coefficient (Wildman–Crippen LogP) is 8.32. The zero-order valence-electron chi connectivity index (χ0n) is 20.5. The van der Waals surface area contributed by atoms with E-state index in [9.17, 15) is 14.3 Å². The van der Waals surface area contributed by atoms with Crippen molar-refractivity contribution in [1.29, 1.82) is 0 Å². The van der Waals surface area contributed by atoms with Gasteiger partial charge in [-0.25, -0.2) is 4.39 Å². The molecule has 1 heterocycles. The van der Waals surface area contributed by atoms with Gasteiger partial charge in [-0.3, -0.25) is 9.78 Å². The summed E-state index contributed by atoms with van der Waals surface area (Å²) in [6, 6.07) is 16.6. The third-order valence-corrected chi connectivity index (χ3v) is 6.68. The molecule has 0 amide bonds. The summed E-state index contributed by atoms with van der Waals surface area (Å²) in [6.45, 7) is 6.63. The zero-order valence-corrected chi connectivity index (χ0v) is 21.3. The number of ketones is 1. The molecule has 6 heteroatoms. The number of pyridine rings is 1. The third kappa shape index (κ3) is 5.07. The monoisotopic (exact) mass is 502 g/mol. The fourth-order valence-corrected chi connectivity index (χ4v) is 4.66. The first-order valence-electron chi connectivity index (χ1n) is 12.1.